The summed E-state index contributed by atoms with van der Waals surface area (Å²) in [5.41, 5.74) is 0.451. The second kappa shape index (κ2) is 7.47. The van der Waals surface area contributed by atoms with Crippen LogP contribution in [0.2, 0.25) is 0 Å². The SMILES string of the molecule is CNc1c(C(=O)NCCCC(C)C)cccc1[N+](=O)[O-]. The van der Waals surface area contributed by atoms with Crippen molar-refractivity contribution in [2.75, 3.05) is 18.9 Å². The lowest BCUT2D eigenvalue weighted by Gasteiger charge is -2.10. The van der Waals surface area contributed by atoms with Crippen LogP contribution in [0.1, 0.15) is 37.0 Å². The van der Waals surface area contributed by atoms with Crippen LogP contribution in [0.3, 0.4) is 0 Å². The minimum absolute atomic E-state index is 0.0951. The molecule has 0 fully saturated rings. The van der Waals surface area contributed by atoms with Gasteiger partial charge in [0.25, 0.3) is 11.6 Å². The first-order chi connectivity index (χ1) is 9.47. The molecule has 0 saturated heterocycles. The van der Waals surface area contributed by atoms with Gasteiger partial charge in [0.1, 0.15) is 5.69 Å². The van der Waals surface area contributed by atoms with E-state index in [1.54, 1.807) is 13.1 Å². The maximum absolute atomic E-state index is 12.1. The summed E-state index contributed by atoms with van der Waals surface area (Å²) >= 11 is 0. The highest BCUT2D eigenvalue weighted by Gasteiger charge is 2.20. The highest BCUT2D eigenvalue weighted by molar-refractivity contribution is 6.01. The molecule has 0 aliphatic carbocycles. The number of nitrogens with zero attached hydrogens (tertiary/aromatic N) is 1. The van der Waals surface area contributed by atoms with Crippen LogP contribution in [0, 0.1) is 16.0 Å². The maximum Gasteiger partial charge on any atom is 0.293 e. The van der Waals surface area contributed by atoms with E-state index < -0.39 is 4.92 Å². The molecule has 0 aliphatic rings. The van der Waals surface area contributed by atoms with Crippen LogP contribution in [0.5, 0.6) is 0 Å². The van der Waals surface area contributed by atoms with Crippen molar-refractivity contribution in [2.45, 2.75) is 26.7 Å². The summed E-state index contributed by atoms with van der Waals surface area (Å²) in [6.45, 7) is 4.83. The Hall–Kier alpha value is -2.11. The van der Waals surface area contributed by atoms with Gasteiger partial charge in [0.2, 0.25) is 0 Å². The molecule has 0 aromatic heterocycles. The Labute approximate surface area is 118 Å². The van der Waals surface area contributed by atoms with E-state index in [1.807, 2.05) is 0 Å². The second-order valence-corrected chi connectivity index (χ2v) is 5.00. The van der Waals surface area contributed by atoms with Gasteiger partial charge in [0, 0.05) is 19.7 Å². The van der Waals surface area contributed by atoms with Crippen molar-refractivity contribution in [1.29, 1.82) is 0 Å². The van der Waals surface area contributed by atoms with Gasteiger partial charge in [0.15, 0.2) is 0 Å². The summed E-state index contributed by atoms with van der Waals surface area (Å²) in [7, 11) is 1.57. The average Bonchev–Trinajstić information content (AvgIpc) is 2.42. The number of rotatable bonds is 7. The molecule has 6 nitrogen and oxygen atoms in total. The standard InChI is InChI=1S/C14H21N3O3/c1-10(2)6-5-9-16-14(18)11-7-4-8-12(17(19)20)13(11)15-3/h4,7-8,10,15H,5-6,9H2,1-3H3,(H,16,18). The van der Waals surface area contributed by atoms with Crippen LogP contribution < -0.4 is 10.6 Å². The molecule has 0 bridgehead atoms. The molecule has 1 amide bonds. The first-order valence-electron chi connectivity index (χ1n) is 6.70. The molecule has 0 unspecified atom stereocenters. The van der Waals surface area contributed by atoms with Gasteiger partial charge in [-0.3, -0.25) is 14.9 Å². The third kappa shape index (κ3) is 4.22. The lowest BCUT2D eigenvalue weighted by molar-refractivity contribution is -0.384. The third-order valence-electron chi connectivity index (χ3n) is 2.98. The van der Waals surface area contributed by atoms with Gasteiger partial charge in [-0.2, -0.15) is 0 Å². The smallest absolute Gasteiger partial charge is 0.293 e. The van der Waals surface area contributed by atoms with Crippen molar-refractivity contribution in [2.24, 2.45) is 5.92 Å². The van der Waals surface area contributed by atoms with Crippen molar-refractivity contribution in [3.8, 4) is 0 Å². The number of benzene rings is 1. The maximum atomic E-state index is 12.1. The van der Waals surface area contributed by atoms with Crippen molar-refractivity contribution in [1.82, 2.24) is 5.32 Å². The van der Waals surface area contributed by atoms with Crippen molar-refractivity contribution >= 4 is 17.3 Å². The lowest BCUT2D eigenvalue weighted by Crippen LogP contribution is -2.25. The van der Waals surface area contributed by atoms with E-state index in [0.717, 1.165) is 12.8 Å². The van der Waals surface area contributed by atoms with Crippen molar-refractivity contribution < 1.29 is 9.72 Å². The van der Waals surface area contributed by atoms with Crippen LogP contribution in [0.15, 0.2) is 18.2 Å². The number of nitro groups is 1. The zero-order chi connectivity index (χ0) is 15.1. The molecule has 0 heterocycles. The number of anilines is 1. The van der Waals surface area contributed by atoms with E-state index >= 15 is 0 Å². The van der Waals surface area contributed by atoms with Crippen molar-refractivity contribution in [3.05, 3.63) is 33.9 Å². The Morgan fingerprint density at radius 1 is 1.40 bits per heavy atom. The lowest BCUT2D eigenvalue weighted by atomic mass is 10.1. The van der Waals surface area contributed by atoms with E-state index in [0.29, 0.717) is 18.0 Å². The van der Waals surface area contributed by atoms with Gasteiger partial charge in [0.05, 0.1) is 10.5 Å². The van der Waals surface area contributed by atoms with Crippen LogP contribution in [0.4, 0.5) is 11.4 Å². The summed E-state index contributed by atoms with van der Waals surface area (Å²) in [6.07, 6.45) is 1.93. The number of carbonyl (C=O) groups excluding carboxylic acids is 1. The molecule has 2 N–H and O–H groups in total. The van der Waals surface area contributed by atoms with Crippen LogP contribution in [-0.2, 0) is 0 Å². The molecular formula is C14H21N3O3. The van der Waals surface area contributed by atoms with E-state index in [9.17, 15) is 14.9 Å². The number of hydrogen-bond donors (Lipinski definition) is 2. The average molecular weight is 279 g/mol. The summed E-state index contributed by atoms with van der Waals surface area (Å²) in [6, 6.07) is 4.47. The van der Waals surface area contributed by atoms with Gasteiger partial charge in [-0.25, -0.2) is 0 Å². The minimum atomic E-state index is -0.499. The van der Waals surface area contributed by atoms with E-state index in [2.05, 4.69) is 24.5 Å². The molecule has 0 saturated carbocycles. The predicted octanol–water partition coefficient (Wildman–Crippen LogP) is 2.80. The number of para-hydroxylation sites is 1. The van der Waals surface area contributed by atoms with E-state index in [4.69, 9.17) is 0 Å². The largest absolute Gasteiger partial charge is 0.382 e. The molecular weight excluding hydrogens is 258 g/mol. The van der Waals surface area contributed by atoms with E-state index in [-0.39, 0.29) is 17.3 Å². The van der Waals surface area contributed by atoms with Gasteiger partial charge >= 0.3 is 0 Å². The molecule has 0 radical (unpaired) electrons. The number of hydrogen-bond acceptors (Lipinski definition) is 4. The number of nitro benzene ring substituents is 1. The zero-order valence-electron chi connectivity index (χ0n) is 12.1. The topological polar surface area (TPSA) is 84.3 Å². The Morgan fingerprint density at radius 3 is 2.65 bits per heavy atom. The molecule has 1 rings (SSSR count). The predicted molar refractivity (Wildman–Crippen MR) is 79.0 cm³/mol. The van der Waals surface area contributed by atoms with Crippen molar-refractivity contribution in [3.63, 3.8) is 0 Å². The quantitative estimate of drug-likeness (QED) is 0.456. The monoisotopic (exact) mass is 279 g/mol. The first kappa shape index (κ1) is 15.9. The molecule has 1 aromatic carbocycles. The molecule has 0 aliphatic heterocycles. The Kier molecular flexibility index (Phi) is 5.96. The Bertz CT molecular complexity index is 487. The summed E-state index contributed by atoms with van der Waals surface area (Å²) in [4.78, 5) is 22.5. The van der Waals surface area contributed by atoms with Crippen LogP contribution >= 0.6 is 0 Å². The van der Waals surface area contributed by atoms with Gasteiger partial charge in [-0.15, -0.1) is 0 Å². The summed E-state index contributed by atoms with van der Waals surface area (Å²) < 4.78 is 0. The summed E-state index contributed by atoms with van der Waals surface area (Å²) in [5, 5.41) is 16.5. The number of amides is 1. The number of carbonyl (C=O) groups is 1. The Balaban J connectivity index is 2.77. The molecule has 110 valence electrons. The first-order valence-corrected chi connectivity index (χ1v) is 6.70. The molecule has 6 heteroatoms. The fourth-order valence-corrected chi connectivity index (χ4v) is 1.95. The molecule has 20 heavy (non-hydrogen) atoms. The van der Waals surface area contributed by atoms with Gasteiger partial charge in [-0.05, 0) is 24.8 Å². The highest BCUT2D eigenvalue weighted by atomic mass is 16.6. The normalized spacial score (nSPS) is 10.4. The number of nitrogens with one attached hydrogen (secondary N) is 2. The fourth-order valence-electron chi connectivity index (χ4n) is 1.95. The molecule has 1 aromatic rings. The van der Waals surface area contributed by atoms with Crippen LogP contribution in [-0.4, -0.2) is 24.4 Å². The van der Waals surface area contributed by atoms with Crippen LogP contribution in [0.25, 0.3) is 0 Å². The third-order valence-corrected chi connectivity index (χ3v) is 2.98. The molecule has 0 atom stereocenters. The van der Waals surface area contributed by atoms with Gasteiger partial charge in [-0.1, -0.05) is 19.9 Å². The fraction of sp³-hybridized carbons (Fsp3) is 0.500. The van der Waals surface area contributed by atoms with E-state index in [1.165, 1.54) is 12.1 Å². The summed E-state index contributed by atoms with van der Waals surface area (Å²) in [5.74, 6) is 0.305. The second-order valence-electron chi connectivity index (χ2n) is 5.00. The minimum Gasteiger partial charge on any atom is -0.382 e. The van der Waals surface area contributed by atoms with Gasteiger partial charge < -0.3 is 10.6 Å². The molecule has 0 spiro atoms. The zero-order valence-corrected chi connectivity index (χ0v) is 12.1. The highest BCUT2D eigenvalue weighted by Crippen LogP contribution is 2.27. The Morgan fingerprint density at radius 2 is 2.10 bits per heavy atom.